The van der Waals surface area contributed by atoms with Crippen molar-refractivity contribution in [3.63, 3.8) is 0 Å². The molecule has 0 bridgehead atoms. The molecule has 0 aliphatic heterocycles. The summed E-state index contributed by atoms with van der Waals surface area (Å²) in [6.45, 7) is 8.80. The number of hydrogen-bond acceptors (Lipinski definition) is 3. The van der Waals surface area contributed by atoms with E-state index in [-0.39, 0.29) is 11.8 Å². The minimum Gasteiger partial charge on any atom is -0.340 e. The third-order valence-electron chi connectivity index (χ3n) is 3.49. The summed E-state index contributed by atoms with van der Waals surface area (Å²) in [5, 5.41) is 2.89. The molecular formula is C18H25BrN2O2S. The van der Waals surface area contributed by atoms with Gasteiger partial charge in [0.25, 0.3) is 5.91 Å². The van der Waals surface area contributed by atoms with Crippen molar-refractivity contribution in [2.24, 2.45) is 0 Å². The van der Waals surface area contributed by atoms with Crippen LogP contribution in [0, 0.1) is 0 Å². The number of amides is 2. The van der Waals surface area contributed by atoms with Crippen molar-refractivity contribution in [1.29, 1.82) is 0 Å². The molecule has 1 aromatic carbocycles. The molecule has 1 unspecified atom stereocenters. The SMILES string of the molecule is C=C(C)CN(CC)C(=O)C(CCSC)NC(=O)c1ccccc1Br. The second-order valence-electron chi connectivity index (χ2n) is 5.60. The molecule has 4 nitrogen and oxygen atoms in total. The summed E-state index contributed by atoms with van der Waals surface area (Å²) < 4.78 is 0.716. The van der Waals surface area contributed by atoms with Crippen molar-refractivity contribution in [2.45, 2.75) is 26.3 Å². The van der Waals surface area contributed by atoms with Gasteiger partial charge in [0.15, 0.2) is 0 Å². The number of nitrogens with zero attached hydrogens (tertiary/aromatic N) is 1. The highest BCUT2D eigenvalue weighted by Gasteiger charge is 2.25. The van der Waals surface area contributed by atoms with Crippen LogP contribution in [0.15, 0.2) is 40.9 Å². The number of thioether (sulfide) groups is 1. The summed E-state index contributed by atoms with van der Waals surface area (Å²) >= 11 is 5.04. The van der Waals surface area contributed by atoms with Crippen LogP contribution in [0.5, 0.6) is 0 Å². The lowest BCUT2D eigenvalue weighted by Gasteiger charge is -2.27. The van der Waals surface area contributed by atoms with Gasteiger partial charge >= 0.3 is 0 Å². The Kier molecular flexibility index (Phi) is 9.14. The first-order valence-corrected chi connectivity index (χ1v) is 10.1. The maximum Gasteiger partial charge on any atom is 0.253 e. The van der Waals surface area contributed by atoms with Gasteiger partial charge < -0.3 is 10.2 Å². The summed E-state index contributed by atoms with van der Waals surface area (Å²) in [4.78, 5) is 27.1. The molecule has 1 N–H and O–H groups in total. The molecule has 0 fully saturated rings. The number of hydrogen-bond donors (Lipinski definition) is 1. The predicted molar refractivity (Wildman–Crippen MR) is 105 cm³/mol. The van der Waals surface area contributed by atoms with Crippen molar-refractivity contribution >= 4 is 39.5 Å². The number of nitrogens with one attached hydrogen (secondary N) is 1. The maximum absolute atomic E-state index is 12.8. The lowest BCUT2D eigenvalue weighted by Crippen LogP contribution is -2.49. The molecule has 24 heavy (non-hydrogen) atoms. The zero-order chi connectivity index (χ0) is 18.1. The quantitative estimate of drug-likeness (QED) is 0.628. The lowest BCUT2D eigenvalue weighted by atomic mass is 10.1. The first-order valence-electron chi connectivity index (χ1n) is 7.88. The Morgan fingerprint density at radius 1 is 1.38 bits per heavy atom. The van der Waals surface area contributed by atoms with E-state index in [0.29, 0.717) is 29.5 Å². The lowest BCUT2D eigenvalue weighted by molar-refractivity contribution is -0.132. The van der Waals surface area contributed by atoms with Crippen LogP contribution >= 0.6 is 27.7 Å². The number of likely N-dealkylation sites (N-methyl/N-ethyl adjacent to an activating group) is 1. The normalized spacial score (nSPS) is 11.7. The Labute approximate surface area is 157 Å². The fourth-order valence-corrected chi connectivity index (χ4v) is 3.20. The van der Waals surface area contributed by atoms with Gasteiger partial charge in [0.1, 0.15) is 6.04 Å². The van der Waals surface area contributed by atoms with Crippen LogP contribution in [0.3, 0.4) is 0 Å². The number of benzene rings is 1. The zero-order valence-corrected chi connectivity index (χ0v) is 16.9. The van der Waals surface area contributed by atoms with Gasteiger partial charge in [-0.05, 0) is 60.3 Å². The van der Waals surface area contributed by atoms with Gasteiger partial charge in [-0.1, -0.05) is 24.3 Å². The van der Waals surface area contributed by atoms with Gasteiger partial charge in [0.05, 0.1) is 5.56 Å². The third kappa shape index (κ3) is 6.32. The smallest absolute Gasteiger partial charge is 0.253 e. The fraction of sp³-hybridized carbons (Fsp3) is 0.444. The number of carbonyl (C=O) groups excluding carboxylic acids is 2. The van der Waals surface area contributed by atoms with E-state index < -0.39 is 6.04 Å². The summed E-state index contributed by atoms with van der Waals surface area (Å²) in [5.74, 6) is 0.500. The molecule has 0 radical (unpaired) electrons. The second-order valence-corrected chi connectivity index (χ2v) is 7.44. The topological polar surface area (TPSA) is 49.4 Å². The van der Waals surface area contributed by atoms with Crippen LogP contribution in [0.25, 0.3) is 0 Å². The molecule has 132 valence electrons. The molecule has 0 saturated carbocycles. The van der Waals surface area contributed by atoms with Crippen LogP contribution in [0.1, 0.15) is 30.6 Å². The van der Waals surface area contributed by atoms with Crippen LogP contribution in [0.2, 0.25) is 0 Å². The number of halogens is 1. The minimum absolute atomic E-state index is 0.0602. The Bertz CT molecular complexity index is 592. The van der Waals surface area contributed by atoms with E-state index in [1.807, 2.05) is 32.2 Å². The Hall–Kier alpha value is -1.27. The molecule has 2 amide bonds. The van der Waals surface area contributed by atoms with Crippen molar-refractivity contribution in [3.8, 4) is 0 Å². The molecule has 0 aliphatic rings. The Morgan fingerprint density at radius 2 is 2.04 bits per heavy atom. The van der Waals surface area contributed by atoms with E-state index in [4.69, 9.17) is 0 Å². The second kappa shape index (κ2) is 10.6. The zero-order valence-electron chi connectivity index (χ0n) is 14.5. The third-order valence-corrected chi connectivity index (χ3v) is 4.82. The van der Waals surface area contributed by atoms with Crippen LogP contribution in [-0.2, 0) is 4.79 Å². The molecule has 0 spiro atoms. The average molecular weight is 413 g/mol. The van der Waals surface area contributed by atoms with Crippen molar-refractivity contribution < 1.29 is 9.59 Å². The number of carbonyl (C=O) groups is 2. The monoisotopic (exact) mass is 412 g/mol. The standard InChI is InChI=1S/C18H25BrN2O2S/c1-5-21(12-13(2)3)18(23)16(10-11-24-4)20-17(22)14-8-6-7-9-15(14)19/h6-9,16H,2,5,10-12H2,1,3-4H3,(H,20,22). The van der Waals surface area contributed by atoms with Gasteiger partial charge in [-0.2, -0.15) is 11.8 Å². The van der Waals surface area contributed by atoms with Gasteiger partial charge in [-0.25, -0.2) is 0 Å². The molecule has 1 rings (SSSR count). The maximum atomic E-state index is 12.8. The van der Waals surface area contributed by atoms with E-state index in [2.05, 4.69) is 27.8 Å². The van der Waals surface area contributed by atoms with E-state index >= 15 is 0 Å². The van der Waals surface area contributed by atoms with Crippen molar-refractivity contribution in [1.82, 2.24) is 10.2 Å². The Balaban J connectivity index is 2.91. The molecule has 0 aromatic heterocycles. The molecular weight excluding hydrogens is 388 g/mol. The molecule has 6 heteroatoms. The summed E-state index contributed by atoms with van der Waals surface area (Å²) in [6.07, 6.45) is 2.59. The fourth-order valence-electron chi connectivity index (χ4n) is 2.27. The van der Waals surface area contributed by atoms with Gasteiger partial charge in [0.2, 0.25) is 5.91 Å². The van der Waals surface area contributed by atoms with E-state index in [0.717, 1.165) is 11.3 Å². The molecule has 1 aromatic rings. The molecule has 1 atom stereocenters. The van der Waals surface area contributed by atoms with E-state index in [1.165, 1.54) is 0 Å². The predicted octanol–water partition coefficient (Wildman–Crippen LogP) is 3.73. The van der Waals surface area contributed by atoms with Crippen LogP contribution in [0.4, 0.5) is 0 Å². The Morgan fingerprint density at radius 3 is 2.58 bits per heavy atom. The van der Waals surface area contributed by atoms with Gasteiger partial charge in [-0.3, -0.25) is 9.59 Å². The van der Waals surface area contributed by atoms with Crippen LogP contribution in [-0.4, -0.2) is 47.9 Å². The average Bonchev–Trinajstić information content (AvgIpc) is 2.55. The van der Waals surface area contributed by atoms with E-state index in [1.54, 1.807) is 28.8 Å². The summed E-state index contributed by atoms with van der Waals surface area (Å²) in [6, 6.07) is 6.67. The summed E-state index contributed by atoms with van der Waals surface area (Å²) in [5.41, 5.74) is 1.45. The molecule has 0 heterocycles. The van der Waals surface area contributed by atoms with E-state index in [9.17, 15) is 9.59 Å². The minimum atomic E-state index is -0.531. The number of rotatable bonds is 9. The van der Waals surface area contributed by atoms with Crippen molar-refractivity contribution in [3.05, 3.63) is 46.5 Å². The largest absolute Gasteiger partial charge is 0.340 e. The van der Waals surface area contributed by atoms with Gasteiger partial charge in [0, 0.05) is 17.6 Å². The highest BCUT2D eigenvalue weighted by Crippen LogP contribution is 2.16. The first-order chi connectivity index (χ1) is 11.4. The van der Waals surface area contributed by atoms with Crippen LogP contribution < -0.4 is 5.32 Å². The van der Waals surface area contributed by atoms with Gasteiger partial charge in [-0.15, -0.1) is 0 Å². The highest BCUT2D eigenvalue weighted by molar-refractivity contribution is 9.10. The first kappa shape index (κ1) is 20.8. The van der Waals surface area contributed by atoms with Crippen molar-refractivity contribution in [2.75, 3.05) is 25.1 Å². The summed E-state index contributed by atoms with van der Waals surface area (Å²) in [7, 11) is 0. The molecule has 0 saturated heterocycles. The molecule has 0 aliphatic carbocycles. The highest BCUT2D eigenvalue weighted by atomic mass is 79.9.